The number of halogens is 3. The van der Waals surface area contributed by atoms with Gasteiger partial charge in [-0.2, -0.15) is 0 Å². The molecule has 10 heteroatoms. The van der Waals surface area contributed by atoms with Gasteiger partial charge in [-0.15, -0.1) is 0 Å². The summed E-state index contributed by atoms with van der Waals surface area (Å²) in [5.74, 6) is 1.28. The lowest BCUT2D eigenvalue weighted by Gasteiger charge is -2.16. The topological polar surface area (TPSA) is 90.6 Å². The number of sulfonamides is 1. The molecule has 3 rings (SSSR count). The molecule has 0 aliphatic rings. The van der Waals surface area contributed by atoms with E-state index in [9.17, 15) is 8.42 Å². The van der Waals surface area contributed by atoms with Crippen molar-refractivity contribution in [2.45, 2.75) is 31.4 Å². The van der Waals surface area contributed by atoms with Crippen LogP contribution in [0, 0.1) is 0 Å². The summed E-state index contributed by atoms with van der Waals surface area (Å²) in [5, 5.41) is 9.52. The third-order valence-corrected chi connectivity index (χ3v) is 7.36. The molecule has 3 aromatic carbocycles. The van der Waals surface area contributed by atoms with E-state index in [-0.39, 0.29) is 4.90 Å². The van der Waals surface area contributed by atoms with Gasteiger partial charge in [-0.25, -0.2) is 13.6 Å². The summed E-state index contributed by atoms with van der Waals surface area (Å²) in [7, 11) is -3.68. The number of ether oxygens (including phenoxy) is 2. The molecule has 0 aromatic heterocycles. The number of benzene rings is 3. The second-order valence-corrected chi connectivity index (χ2v) is 10.7. The van der Waals surface area contributed by atoms with E-state index in [1.54, 1.807) is 24.3 Å². The fourth-order valence-electron chi connectivity index (χ4n) is 3.19. The number of primary sulfonamides is 1. The number of rotatable bonds is 11. The molecule has 0 radical (unpaired) electrons. The predicted octanol–water partition coefficient (Wildman–Crippen LogP) is 5.71. The zero-order valence-corrected chi connectivity index (χ0v) is 22.4. The van der Waals surface area contributed by atoms with E-state index in [0.29, 0.717) is 47.8 Å². The van der Waals surface area contributed by atoms with Crippen molar-refractivity contribution in [3.63, 3.8) is 0 Å². The molecule has 3 aromatic rings. The lowest BCUT2D eigenvalue weighted by atomic mass is 10.1. The second-order valence-electron chi connectivity index (χ2n) is 7.48. The van der Waals surface area contributed by atoms with E-state index >= 15 is 0 Å². The fraction of sp³-hybridized carbons (Fsp3) is 0.250. The van der Waals surface area contributed by atoms with Gasteiger partial charge in [0.05, 0.1) is 21.5 Å². The molecule has 0 fully saturated rings. The highest BCUT2D eigenvalue weighted by atomic mass is 79.9. The molecule has 0 aliphatic heterocycles. The number of hydrogen-bond acceptors (Lipinski definition) is 5. The van der Waals surface area contributed by atoms with Crippen LogP contribution in [0.4, 0.5) is 0 Å². The first-order valence-electron chi connectivity index (χ1n) is 10.5. The monoisotopic (exact) mass is 586 g/mol. The van der Waals surface area contributed by atoms with Crippen molar-refractivity contribution in [3.8, 4) is 11.5 Å². The van der Waals surface area contributed by atoms with E-state index in [1.807, 2.05) is 25.1 Å². The molecule has 6 nitrogen and oxygen atoms in total. The molecule has 0 saturated carbocycles. The highest BCUT2D eigenvalue weighted by Gasteiger charge is 2.12. The maximum atomic E-state index is 11.4. The maximum absolute atomic E-state index is 11.4. The largest absolute Gasteiger partial charge is 0.490 e. The van der Waals surface area contributed by atoms with Crippen LogP contribution < -0.4 is 19.9 Å². The lowest BCUT2D eigenvalue weighted by Crippen LogP contribution is -2.17. The normalized spacial score (nSPS) is 11.4. The molecule has 0 amide bonds. The van der Waals surface area contributed by atoms with E-state index in [0.717, 1.165) is 27.6 Å². The van der Waals surface area contributed by atoms with Crippen LogP contribution in [0.1, 0.15) is 23.6 Å². The summed E-state index contributed by atoms with van der Waals surface area (Å²) >= 11 is 15.7. The van der Waals surface area contributed by atoms with Crippen molar-refractivity contribution in [2.24, 2.45) is 5.14 Å². The second kappa shape index (κ2) is 12.2. The van der Waals surface area contributed by atoms with E-state index in [2.05, 4.69) is 21.2 Å². The van der Waals surface area contributed by atoms with Crippen molar-refractivity contribution in [2.75, 3.05) is 13.2 Å². The maximum Gasteiger partial charge on any atom is 0.238 e. The van der Waals surface area contributed by atoms with Crippen molar-refractivity contribution >= 4 is 49.2 Å². The zero-order valence-electron chi connectivity index (χ0n) is 18.5. The number of nitrogens with two attached hydrogens (primary N) is 1. The first-order chi connectivity index (χ1) is 16.2. The Morgan fingerprint density at radius 3 is 2.26 bits per heavy atom. The molecule has 0 saturated heterocycles. The minimum Gasteiger partial charge on any atom is -0.490 e. The average Bonchev–Trinajstić information content (AvgIpc) is 2.79. The Balaban J connectivity index is 1.60. The van der Waals surface area contributed by atoms with E-state index in [1.165, 1.54) is 12.1 Å². The van der Waals surface area contributed by atoms with E-state index in [4.69, 9.17) is 37.8 Å². The standard InChI is InChI=1S/C24H25BrCl2N2O4S/c1-2-32-23-12-18(14-29-10-9-16-3-6-19(7-4-16)34(28,30)31)20(25)13-24(23)33-15-17-5-8-21(26)22(27)11-17/h3-8,11-13,29H,2,9-10,14-15H2,1H3,(H2,28,30,31). The molecule has 0 atom stereocenters. The molecule has 34 heavy (non-hydrogen) atoms. The Kier molecular flexibility index (Phi) is 9.65. The summed E-state index contributed by atoms with van der Waals surface area (Å²) in [5.41, 5.74) is 2.94. The first-order valence-corrected chi connectivity index (χ1v) is 13.6. The van der Waals surface area contributed by atoms with Crippen LogP contribution in [-0.4, -0.2) is 21.6 Å². The van der Waals surface area contributed by atoms with Crippen molar-refractivity contribution in [1.82, 2.24) is 5.32 Å². The van der Waals surface area contributed by atoms with Crippen LogP contribution in [-0.2, 0) is 29.6 Å². The Hall–Kier alpha value is -1.81. The summed E-state index contributed by atoms with van der Waals surface area (Å²) < 4.78 is 35.4. The van der Waals surface area contributed by atoms with Gasteiger partial charge in [0.25, 0.3) is 0 Å². The van der Waals surface area contributed by atoms with Gasteiger partial charge in [0, 0.05) is 11.0 Å². The Bertz CT molecular complexity index is 1240. The predicted molar refractivity (Wildman–Crippen MR) is 139 cm³/mol. The molecular weight excluding hydrogens is 563 g/mol. The van der Waals surface area contributed by atoms with Gasteiger partial charge in [0.2, 0.25) is 10.0 Å². The molecule has 0 spiro atoms. The van der Waals surface area contributed by atoms with Gasteiger partial charge in [0.1, 0.15) is 6.61 Å². The van der Waals surface area contributed by atoms with Crippen LogP contribution in [0.3, 0.4) is 0 Å². The first kappa shape index (κ1) is 26.8. The van der Waals surface area contributed by atoms with Gasteiger partial charge in [-0.3, -0.25) is 0 Å². The summed E-state index contributed by atoms with van der Waals surface area (Å²) in [4.78, 5) is 0.109. The highest BCUT2D eigenvalue weighted by molar-refractivity contribution is 9.10. The molecule has 0 heterocycles. The highest BCUT2D eigenvalue weighted by Crippen LogP contribution is 2.35. The SMILES string of the molecule is CCOc1cc(CNCCc2ccc(S(N)(=O)=O)cc2)c(Br)cc1OCc1ccc(Cl)c(Cl)c1. The van der Waals surface area contributed by atoms with Gasteiger partial charge in [-0.1, -0.05) is 57.3 Å². The molecular formula is C24H25BrCl2N2O4S. The summed E-state index contributed by atoms with van der Waals surface area (Å²) in [6.07, 6.45) is 0.742. The van der Waals surface area contributed by atoms with Crippen LogP contribution >= 0.6 is 39.1 Å². The molecule has 182 valence electrons. The fourth-order valence-corrected chi connectivity index (χ4v) is 4.48. The molecule has 0 unspecified atom stereocenters. The van der Waals surface area contributed by atoms with Gasteiger partial charge in [-0.05, 0) is 73.0 Å². The molecule has 3 N–H and O–H groups in total. The van der Waals surface area contributed by atoms with Crippen LogP contribution in [0.5, 0.6) is 11.5 Å². The van der Waals surface area contributed by atoms with Gasteiger partial charge in [0.15, 0.2) is 11.5 Å². The summed E-state index contributed by atoms with van der Waals surface area (Å²) in [6.45, 7) is 4.07. The number of nitrogens with one attached hydrogen (secondary N) is 1. The quantitative estimate of drug-likeness (QED) is 0.280. The summed E-state index contributed by atoms with van der Waals surface area (Å²) in [6, 6.07) is 15.8. The van der Waals surface area contributed by atoms with Crippen LogP contribution in [0.2, 0.25) is 10.0 Å². The zero-order chi connectivity index (χ0) is 24.7. The Morgan fingerprint density at radius 1 is 0.941 bits per heavy atom. The minimum absolute atomic E-state index is 0.109. The Labute approximate surface area is 218 Å². The molecule has 0 bridgehead atoms. The third kappa shape index (κ3) is 7.60. The van der Waals surface area contributed by atoms with Crippen molar-refractivity contribution in [1.29, 1.82) is 0 Å². The smallest absolute Gasteiger partial charge is 0.238 e. The lowest BCUT2D eigenvalue weighted by molar-refractivity contribution is 0.269. The van der Waals surface area contributed by atoms with Crippen LogP contribution in [0.25, 0.3) is 0 Å². The minimum atomic E-state index is -3.68. The van der Waals surface area contributed by atoms with Crippen molar-refractivity contribution in [3.05, 3.63) is 85.8 Å². The Morgan fingerprint density at radius 2 is 1.62 bits per heavy atom. The average molecular weight is 588 g/mol. The molecule has 0 aliphatic carbocycles. The van der Waals surface area contributed by atoms with Crippen LogP contribution in [0.15, 0.2) is 64.0 Å². The number of hydrogen-bond donors (Lipinski definition) is 2. The van der Waals surface area contributed by atoms with Gasteiger partial charge < -0.3 is 14.8 Å². The van der Waals surface area contributed by atoms with Gasteiger partial charge >= 0.3 is 0 Å². The van der Waals surface area contributed by atoms with Crippen molar-refractivity contribution < 1.29 is 17.9 Å². The van der Waals surface area contributed by atoms with E-state index < -0.39 is 10.0 Å². The third-order valence-electron chi connectivity index (χ3n) is 4.95.